The van der Waals surface area contributed by atoms with Crippen LogP contribution in [0.3, 0.4) is 0 Å². The van der Waals surface area contributed by atoms with Gasteiger partial charge < -0.3 is 9.47 Å². The highest BCUT2D eigenvalue weighted by atomic mass is 35.5. The summed E-state index contributed by atoms with van der Waals surface area (Å²) >= 11 is 5.20. The van der Waals surface area contributed by atoms with E-state index in [1.807, 2.05) is 0 Å². The zero-order valence-corrected chi connectivity index (χ0v) is 11.6. The summed E-state index contributed by atoms with van der Waals surface area (Å²) in [5.74, 6) is 0.464. The minimum atomic E-state index is -0.383. The molecule has 18 heavy (non-hydrogen) atoms. The Balaban J connectivity index is 2.14. The lowest BCUT2D eigenvalue weighted by molar-refractivity contribution is -0.150. The molecule has 0 amide bonds. The van der Waals surface area contributed by atoms with Crippen LogP contribution in [0, 0.1) is 11.8 Å². The summed E-state index contributed by atoms with van der Waals surface area (Å²) in [6.45, 7) is 1.06. The monoisotopic (exact) mass is 276 g/mol. The molecular weight excluding hydrogens is 256 g/mol. The summed E-state index contributed by atoms with van der Waals surface area (Å²) in [5, 5.41) is -0.383. The van der Waals surface area contributed by atoms with Gasteiger partial charge >= 0.3 is 5.97 Å². The number of esters is 1. The van der Waals surface area contributed by atoms with Crippen molar-refractivity contribution in [2.75, 3.05) is 20.3 Å². The molecule has 0 aromatic rings. The molecule has 0 saturated heterocycles. The van der Waals surface area contributed by atoms with Crippen molar-refractivity contribution in [1.29, 1.82) is 0 Å². The SMILES string of the molecule is COCC1CCC(C(=O)OCCCC(=O)Cl)CC1. The average molecular weight is 277 g/mol. The second-order valence-corrected chi connectivity index (χ2v) is 5.22. The molecule has 0 heterocycles. The lowest BCUT2D eigenvalue weighted by Crippen LogP contribution is -2.25. The van der Waals surface area contributed by atoms with Gasteiger partial charge in [-0.1, -0.05) is 0 Å². The number of ether oxygens (including phenoxy) is 2. The van der Waals surface area contributed by atoms with E-state index in [2.05, 4.69) is 0 Å². The van der Waals surface area contributed by atoms with Crippen LogP contribution in [0.15, 0.2) is 0 Å². The van der Waals surface area contributed by atoms with Gasteiger partial charge in [-0.15, -0.1) is 0 Å². The highest BCUT2D eigenvalue weighted by Gasteiger charge is 2.27. The van der Waals surface area contributed by atoms with Crippen LogP contribution in [-0.2, 0) is 19.1 Å². The molecule has 0 bridgehead atoms. The van der Waals surface area contributed by atoms with Crippen LogP contribution in [0.5, 0.6) is 0 Å². The summed E-state index contributed by atoms with van der Waals surface area (Å²) in [6.07, 6.45) is 4.56. The largest absolute Gasteiger partial charge is 0.465 e. The molecule has 5 heteroatoms. The number of hydrogen-bond donors (Lipinski definition) is 0. The fraction of sp³-hybridized carbons (Fsp3) is 0.846. The normalized spacial score (nSPS) is 23.7. The summed E-state index contributed by atoms with van der Waals surface area (Å²) < 4.78 is 10.3. The molecule has 0 atom stereocenters. The zero-order chi connectivity index (χ0) is 13.4. The molecule has 0 aromatic heterocycles. The van der Waals surface area contributed by atoms with Crippen LogP contribution in [0.25, 0.3) is 0 Å². The first-order chi connectivity index (χ1) is 8.63. The van der Waals surface area contributed by atoms with E-state index in [4.69, 9.17) is 21.1 Å². The Morgan fingerprint density at radius 3 is 2.44 bits per heavy atom. The Morgan fingerprint density at radius 2 is 1.89 bits per heavy atom. The molecule has 1 rings (SSSR count). The third-order valence-electron chi connectivity index (χ3n) is 3.34. The first-order valence-corrected chi connectivity index (χ1v) is 6.85. The molecule has 1 aliphatic carbocycles. The second-order valence-electron chi connectivity index (χ2n) is 4.80. The summed E-state index contributed by atoms with van der Waals surface area (Å²) in [4.78, 5) is 22.2. The van der Waals surface area contributed by atoms with Gasteiger partial charge in [0.15, 0.2) is 0 Å². The average Bonchev–Trinajstić information content (AvgIpc) is 2.35. The molecular formula is C13H21ClO4. The number of carbonyl (C=O) groups excluding carboxylic acids is 2. The van der Waals surface area contributed by atoms with Gasteiger partial charge in [-0.05, 0) is 49.6 Å². The zero-order valence-electron chi connectivity index (χ0n) is 10.8. The molecule has 4 nitrogen and oxygen atoms in total. The van der Waals surface area contributed by atoms with Gasteiger partial charge in [-0.25, -0.2) is 0 Å². The van der Waals surface area contributed by atoms with Crippen LogP contribution in [-0.4, -0.2) is 31.5 Å². The fourth-order valence-electron chi connectivity index (χ4n) is 2.30. The van der Waals surface area contributed by atoms with E-state index in [-0.39, 0.29) is 30.2 Å². The van der Waals surface area contributed by atoms with E-state index in [1.165, 1.54) is 0 Å². The Morgan fingerprint density at radius 1 is 1.22 bits per heavy atom. The number of halogens is 1. The van der Waals surface area contributed by atoms with Gasteiger partial charge in [-0.2, -0.15) is 0 Å². The summed E-state index contributed by atoms with van der Waals surface area (Å²) in [7, 11) is 1.71. The third-order valence-corrected chi connectivity index (χ3v) is 3.53. The minimum absolute atomic E-state index is 0.0183. The number of hydrogen-bond acceptors (Lipinski definition) is 4. The van der Waals surface area contributed by atoms with Gasteiger partial charge in [0.05, 0.1) is 12.5 Å². The molecule has 0 spiro atoms. The van der Waals surface area contributed by atoms with E-state index < -0.39 is 0 Å². The van der Waals surface area contributed by atoms with Crippen LogP contribution in [0.4, 0.5) is 0 Å². The first-order valence-electron chi connectivity index (χ1n) is 6.47. The van der Waals surface area contributed by atoms with Crippen molar-refractivity contribution in [2.24, 2.45) is 11.8 Å². The van der Waals surface area contributed by atoms with Crippen molar-refractivity contribution >= 4 is 22.8 Å². The smallest absolute Gasteiger partial charge is 0.308 e. The van der Waals surface area contributed by atoms with E-state index in [9.17, 15) is 9.59 Å². The lowest BCUT2D eigenvalue weighted by Gasteiger charge is -2.26. The quantitative estimate of drug-likeness (QED) is 0.407. The molecule has 0 aliphatic heterocycles. The van der Waals surface area contributed by atoms with E-state index in [1.54, 1.807) is 7.11 Å². The maximum absolute atomic E-state index is 11.7. The molecule has 1 aliphatic rings. The number of carbonyl (C=O) groups is 2. The Hall–Kier alpha value is -0.610. The molecule has 0 aromatic carbocycles. The van der Waals surface area contributed by atoms with Crippen LogP contribution in [0.1, 0.15) is 38.5 Å². The highest BCUT2D eigenvalue weighted by Crippen LogP contribution is 2.29. The van der Waals surface area contributed by atoms with Crippen molar-refractivity contribution < 1.29 is 19.1 Å². The molecule has 104 valence electrons. The maximum Gasteiger partial charge on any atom is 0.308 e. The highest BCUT2D eigenvalue weighted by molar-refractivity contribution is 6.63. The Labute approximate surface area is 113 Å². The summed E-state index contributed by atoms with van der Waals surface area (Å²) in [5.41, 5.74) is 0. The van der Waals surface area contributed by atoms with Crippen molar-refractivity contribution in [3.05, 3.63) is 0 Å². The molecule has 1 saturated carbocycles. The second kappa shape index (κ2) is 8.48. The molecule has 0 radical (unpaired) electrons. The van der Waals surface area contributed by atoms with Gasteiger partial charge in [0, 0.05) is 20.1 Å². The topological polar surface area (TPSA) is 52.6 Å². The van der Waals surface area contributed by atoms with Crippen molar-refractivity contribution in [2.45, 2.75) is 38.5 Å². The standard InChI is InChI=1S/C13H21ClO4/c1-17-9-10-4-6-11(7-5-10)13(16)18-8-2-3-12(14)15/h10-11H,2-9H2,1H3. The van der Waals surface area contributed by atoms with Gasteiger partial charge in [0.2, 0.25) is 5.24 Å². The fourth-order valence-corrected chi connectivity index (χ4v) is 2.44. The Kier molecular flexibility index (Phi) is 7.28. The predicted molar refractivity (Wildman–Crippen MR) is 68.4 cm³/mol. The molecule has 0 N–H and O–H groups in total. The van der Waals surface area contributed by atoms with Crippen molar-refractivity contribution in [3.8, 4) is 0 Å². The minimum Gasteiger partial charge on any atom is -0.465 e. The van der Waals surface area contributed by atoms with Crippen molar-refractivity contribution in [3.63, 3.8) is 0 Å². The maximum atomic E-state index is 11.7. The Bertz CT molecular complexity index is 272. The van der Waals surface area contributed by atoms with E-state index in [0.29, 0.717) is 12.3 Å². The summed E-state index contributed by atoms with van der Waals surface area (Å²) in [6, 6.07) is 0. The molecule has 1 fully saturated rings. The lowest BCUT2D eigenvalue weighted by atomic mass is 9.82. The van der Waals surface area contributed by atoms with Crippen LogP contribution in [0.2, 0.25) is 0 Å². The van der Waals surface area contributed by atoms with Crippen LogP contribution >= 0.6 is 11.6 Å². The van der Waals surface area contributed by atoms with Crippen LogP contribution < -0.4 is 0 Å². The molecule has 0 unspecified atom stereocenters. The van der Waals surface area contributed by atoms with Crippen molar-refractivity contribution in [1.82, 2.24) is 0 Å². The van der Waals surface area contributed by atoms with Gasteiger partial charge in [0.25, 0.3) is 0 Å². The van der Waals surface area contributed by atoms with Gasteiger partial charge in [0.1, 0.15) is 0 Å². The van der Waals surface area contributed by atoms with Gasteiger partial charge in [-0.3, -0.25) is 9.59 Å². The first kappa shape index (κ1) is 15.4. The third kappa shape index (κ3) is 5.83. The predicted octanol–water partition coefficient (Wildman–Crippen LogP) is 2.53. The number of methoxy groups -OCH3 is 1. The van der Waals surface area contributed by atoms with E-state index in [0.717, 1.165) is 32.3 Å². The van der Waals surface area contributed by atoms with E-state index >= 15 is 0 Å². The number of rotatable bonds is 7.